The van der Waals surface area contributed by atoms with Gasteiger partial charge in [0.1, 0.15) is 53.1 Å². The highest BCUT2D eigenvalue weighted by atomic mass is 79.9. The molecule has 1 aliphatic carbocycles. The van der Waals surface area contributed by atoms with Crippen molar-refractivity contribution >= 4 is 76.0 Å². The van der Waals surface area contributed by atoms with Crippen molar-refractivity contribution < 1.29 is 17.6 Å². The molecule has 2 aromatic carbocycles. The lowest BCUT2D eigenvalue weighted by atomic mass is 10.0. The van der Waals surface area contributed by atoms with E-state index in [-0.39, 0.29) is 24.2 Å². The van der Waals surface area contributed by atoms with E-state index in [1.165, 1.54) is 54.8 Å². The first-order chi connectivity index (χ1) is 39.4. The molecule has 0 spiro atoms. The smallest absolute Gasteiger partial charge is 0.130 e. The van der Waals surface area contributed by atoms with Gasteiger partial charge in [-0.2, -0.15) is 31.1 Å². The van der Waals surface area contributed by atoms with Crippen LogP contribution in [0.1, 0.15) is 52.1 Å². The van der Waals surface area contributed by atoms with Crippen molar-refractivity contribution in [1.29, 1.82) is 15.8 Å². The number of fused-ring (bicyclic) bond motifs is 3. The summed E-state index contributed by atoms with van der Waals surface area (Å²) in [5.41, 5.74) is 9.13. The molecular weight excluding hydrogens is 1230 g/mol. The van der Waals surface area contributed by atoms with E-state index in [0.29, 0.717) is 61.9 Å². The number of hydrogen-bond acceptors (Lipinski definition) is 12. The van der Waals surface area contributed by atoms with E-state index in [9.17, 15) is 28.1 Å². The third-order valence-corrected chi connectivity index (χ3v) is 16.0. The van der Waals surface area contributed by atoms with Crippen LogP contribution in [0.3, 0.4) is 0 Å². The maximum absolute atomic E-state index is 14.0. The number of halogens is 7. The number of nitriles is 3. The number of hydrogen-bond donors (Lipinski definition) is 0. The number of anilines is 2. The molecule has 2 aliphatic heterocycles. The summed E-state index contributed by atoms with van der Waals surface area (Å²) in [6.45, 7) is 6.16. The Hall–Kier alpha value is -8.04. The van der Waals surface area contributed by atoms with E-state index in [2.05, 4.69) is 107 Å². The molecule has 0 amide bonds. The first-order valence-corrected chi connectivity index (χ1v) is 28.2. The summed E-state index contributed by atoms with van der Waals surface area (Å²) in [6.07, 6.45) is 16.4. The van der Waals surface area contributed by atoms with Crippen LogP contribution in [-0.2, 0) is 13.1 Å². The average Bonchev–Trinajstić information content (AvgIpc) is 4.00. The molecular formula is C59H46Br3F4N15. The van der Waals surface area contributed by atoms with E-state index < -0.39 is 23.3 Å². The summed E-state index contributed by atoms with van der Waals surface area (Å²) in [7, 11) is 0. The van der Waals surface area contributed by atoms with Gasteiger partial charge in [-0.25, -0.2) is 41.1 Å². The largest absolute Gasteiger partial charge is 0.354 e. The molecule has 13 rings (SSSR count). The zero-order valence-electron chi connectivity index (χ0n) is 43.0. The lowest BCUT2D eigenvalue weighted by Crippen LogP contribution is -2.46. The van der Waals surface area contributed by atoms with Crippen LogP contribution in [0, 0.1) is 57.3 Å². The van der Waals surface area contributed by atoms with Crippen LogP contribution in [0.25, 0.3) is 38.8 Å². The predicted molar refractivity (Wildman–Crippen MR) is 309 cm³/mol. The number of nitrogens with zero attached hydrogens (tertiary/aromatic N) is 15. The Morgan fingerprint density at radius 1 is 0.481 bits per heavy atom. The van der Waals surface area contributed by atoms with Gasteiger partial charge in [0.25, 0.3) is 0 Å². The van der Waals surface area contributed by atoms with Crippen LogP contribution < -0.4 is 9.80 Å². The van der Waals surface area contributed by atoms with Gasteiger partial charge in [-0.05, 0) is 139 Å². The first-order valence-electron chi connectivity index (χ1n) is 25.8. The zero-order chi connectivity index (χ0) is 56.3. The van der Waals surface area contributed by atoms with Gasteiger partial charge in [-0.1, -0.05) is 12.1 Å². The fraction of sp³-hybridized carbons (Fsp3) is 0.220. The molecule has 0 unspecified atom stereocenters. The number of piperazine rings is 2. The molecule has 0 atom stereocenters. The lowest BCUT2D eigenvalue weighted by molar-refractivity contribution is 0.242. The lowest BCUT2D eigenvalue weighted by Gasteiger charge is -2.35. The monoisotopic (exact) mass is 1280 g/mol. The van der Waals surface area contributed by atoms with Gasteiger partial charge in [0.15, 0.2) is 0 Å². The normalized spacial score (nSPS) is 14.7. The summed E-state index contributed by atoms with van der Waals surface area (Å²) < 4.78 is 63.7. The summed E-state index contributed by atoms with van der Waals surface area (Å²) in [6, 6.07) is 28.5. The second-order valence-corrected chi connectivity index (χ2v) is 22.4. The maximum atomic E-state index is 14.0. The molecule has 8 aromatic heterocycles. The molecule has 0 N–H and O–H groups in total. The van der Waals surface area contributed by atoms with Crippen LogP contribution in [-0.4, -0.2) is 101 Å². The molecule has 81 heavy (non-hydrogen) atoms. The van der Waals surface area contributed by atoms with Gasteiger partial charge >= 0.3 is 0 Å². The molecule has 2 saturated heterocycles. The minimum Gasteiger partial charge on any atom is -0.354 e. The van der Waals surface area contributed by atoms with Gasteiger partial charge in [-0.3, -0.25) is 9.80 Å². The van der Waals surface area contributed by atoms with Crippen LogP contribution >= 0.6 is 47.8 Å². The quantitative estimate of drug-likeness (QED) is 0.126. The van der Waals surface area contributed by atoms with Crippen molar-refractivity contribution in [3.05, 3.63) is 199 Å². The third kappa shape index (κ3) is 11.9. The van der Waals surface area contributed by atoms with E-state index in [1.54, 1.807) is 40.0 Å². The Bertz CT molecular complexity index is 4050. The standard InChI is InChI=1S/C27H24F2N6.C24H19BrF2N6.C8H3Br2N3/c28-24-2-1-3-25(29)23(24)17-33-8-10-34(11-9-33)26-7-6-19(14-31-26)22-12-20(18-4-5-18)16-35-27(22)21(13-30)15-32-35;25-18-10-19(24-17(11-28)13-30-33(24)14-18)16-4-5-23(29-12-16)32-8-6-31(7-9-32)15-20-21(26)2-1-3-22(20)27;9-6-1-7(10)8-5(2-11)3-12-13(8)4-6/h1-3,6-7,12,14-16,18H,4-5,8-11,17H2;1-5,10,12-14H,6-9,15H2;1,3-4H. The molecule has 0 bridgehead atoms. The Labute approximate surface area is 487 Å². The summed E-state index contributed by atoms with van der Waals surface area (Å²) in [5.74, 6) is 0.270. The number of rotatable bonds is 9. The maximum Gasteiger partial charge on any atom is 0.130 e. The molecule has 3 fully saturated rings. The average molecular weight is 1280 g/mol. The zero-order valence-corrected chi connectivity index (χ0v) is 47.8. The second-order valence-electron chi connectivity index (χ2n) is 19.7. The van der Waals surface area contributed by atoms with Gasteiger partial charge in [-0.15, -0.1) is 0 Å². The molecule has 1 saturated carbocycles. The summed E-state index contributed by atoms with van der Waals surface area (Å²) in [4.78, 5) is 17.8. The van der Waals surface area contributed by atoms with Crippen LogP contribution in [0.15, 0.2) is 142 Å². The van der Waals surface area contributed by atoms with Crippen molar-refractivity contribution in [1.82, 2.24) is 48.6 Å². The highest BCUT2D eigenvalue weighted by Gasteiger charge is 2.27. The van der Waals surface area contributed by atoms with Gasteiger partial charge in [0.05, 0.1) is 51.8 Å². The highest BCUT2D eigenvalue weighted by molar-refractivity contribution is 9.11. The number of benzene rings is 2. The SMILES string of the molecule is N#Cc1cnn2cc(Br)cc(-c3ccc(N4CCN(Cc5c(F)cccc5F)CC4)nc3)c12.N#Cc1cnn2cc(Br)cc(Br)c12.N#Cc1cnn2cc(C3CC3)cc(-c3ccc(N4CCN(Cc5c(F)cccc5F)CC4)nc3)c12. The third-order valence-electron chi connectivity index (χ3n) is 14.6. The Balaban J connectivity index is 0.000000140. The summed E-state index contributed by atoms with van der Waals surface area (Å²) in [5, 5.41) is 40.5. The van der Waals surface area contributed by atoms with E-state index in [1.807, 2.05) is 64.4 Å². The summed E-state index contributed by atoms with van der Waals surface area (Å²) >= 11 is 10.2. The fourth-order valence-corrected chi connectivity index (χ4v) is 11.9. The Kier molecular flexibility index (Phi) is 16.2. The topological polar surface area (TPSA) is 162 Å². The molecule has 10 heterocycles. The Morgan fingerprint density at radius 2 is 0.889 bits per heavy atom. The minimum absolute atomic E-state index is 0.116. The highest BCUT2D eigenvalue weighted by Crippen LogP contribution is 2.42. The molecule has 406 valence electrons. The number of pyridine rings is 5. The molecule has 15 nitrogen and oxygen atoms in total. The van der Waals surface area contributed by atoms with E-state index in [0.717, 1.165) is 76.9 Å². The molecule has 0 radical (unpaired) electrons. The van der Waals surface area contributed by atoms with Crippen molar-refractivity contribution in [3.63, 3.8) is 0 Å². The molecule has 10 aromatic rings. The van der Waals surface area contributed by atoms with Gasteiger partial charge in [0.2, 0.25) is 0 Å². The van der Waals surface area contributed by atoms with Crippen LogP contribution in [0.5, 0.6) is 0 Å². The fourth-order valence-electron chi connectivity index (χ4n) is 10.1. The van der Waals surface area contributed by atoms with Crippen LogP contribution in [0.2, 0.25) is 0 Å². The van der Waals surface area contributed by atoms with E-state index in [4.69, 9.17) is 10.2 Å². The van der Waals surface area contributed by atoms with Crippen molar-refractivity contribution in [2.24, 2.45) is 0 Å². The van der Waals surface area contributed by atoms with Crippen molar-refractivity contribution in [2.75, 3.05) is 62.2 Å². The number of aromatic nitrogens is 8. The Morgan fingerprint density at radius 3 is 1.31 bits per heavy atom. The predicted octanol–water partition coefficient (Wildman–Crippen LogP) is 12.1. The van der Waals surface area contributed by atoms with Crippen molar-refractivity contribution in [2.45, 2.75) is 31.8 Å². The van der Waals surface area contributed by atoms with Gasteiger partial charge in [0, 0.05) is 143 Å². The van der Waals surface area contributed by atoms with Crippen LogP contribution in [0.4, 0.5) is 29.2 Å². The van der Waals surface area contributed by atoms with Gasteiger partial charge < -0.3 is 9.80 Å². The molecule has 22 heteroatoms. The van der Waals surface area contributed by atoms with E-state index >= 15 is 0 Å². The minimum atomic E-state index is -0.505. The second kappa shape index (κ2) is 24.0. The first kappa shape index (κ1) is 54.9. The molecule has 3 aliphatic rings. The van der Waals surface area contributed by atoms with Crippen molar-refractivity contribution in [3.8, 4) is 40.5 Å².